The highest BCUT2D eigenvalue weighted by Gasteiger charge is 2.36. The van der Waals surface area contributed by atoms with Crippen molar-refractivity contribution in [3.8, 4) is 44.5 Å². The van der Waals surface area contributed by atoms with Gasteiger partial charge in [-0.1, -0.05) is 174 Å². The van der Waals surface area contributed by atoms with Crippen molar-refractivity contribution in [1.29, 1.82) is 0 Å². The van der Waals surface area contributed by atoms with Crippen LogP contribution in [0.1, 0.15) is 51.3 Å². The van der Waals surface area contributed by atoms with Crippen molar-refractivity contribution < 1.29 is 0 Å². The third-order valence-electron chi connectivity index (χ3n) is 11.4. The van der Waals surface area contributed by atoms with Crippen molar-refractivity contribution in [1.82, 2.24) is 0 Å². The molecule has 54 heavy (non-hydrogen) atoms. The maximum Gasteiger partial charge on any atom is 0.0499 e. The van der Waals surface area contributed by atoms with Gasteiger partial charge in [0.15, 0.2) is 0 Å². The molecule has 8 aromatic carbocycles. The molecule has 8 aromatic rings. The van der Waals surface area contributed by atoms with Crippen LogP contribution in [0.3, 0.4) is 0 Å². The number of anilines is 3. The number of nitrogens with zero attached hydrogens (tertiary/aromatic N) is 1. The van der Waals surface area contributed by atoms with Gasteiger partial charge in [-0.05, 0) is 120 Å². The smallest absolute Gasteiger partial charge is 0.0499 e. The molecule has 1 aliphatic rings. The van der Waals surface area contributed by atoms with Crippen LogP contribution in [0.5, 0.6) is 0 Å². The molecule has 1 aliphatic carbocycles. The molecule has 0 saturated heterocycles. The van der Waals surface area contributed by atoms with Gasteiger partial charge < -0.3 is 4.90 Å². The molecule has 0 bridgehead atoms. The molecular weight excluding hydrogens is 651 g/mol. The molecule has 262 valence electrons. The van der Waals surface area contributed by atoms with Crippen LogP contribution in [-0.4, -0.2) is 0 Å². The molecule has 0 aromatic heterocycles. The fraction of sp³-hybridized carbons (Fsp3) is 0.132. The van der Waals surface area contributed by atoms with Crippen molar-refractivity contribution in [2.45, 2.75) is 45.4 Å². The third-order valence-corrected chi connectivity index (χ3v) is 11.4. The molecule has 0 unspecified atom stereocenters. The Morgan fingerprint density at radius 2 is 0.981 bits per heavy atom. The molecule has 0 radical (unpaired) electrons. The van der Waals surface area contributed by atoms with E-state index in [0.717, 1.165) is 11.4 Å². The van der Waals surface area contributed by atoms with Gasteiger partial charge in [-0.3, -0.25) is 0 Å². The van der Waals surface area contributed by atoms with E-state index in [1.165, 1.54) is 77.7 Å². The Bertz CT molecular complexity index is 2670. The van der Waals surface area contributed by atoms with Crippen molar-refractivity contribution >= 4 is 27.8 Å². The van der Waals surface area contributed by atoms with E-state index >= 15 is 0 Å². The SMILES string of the molecule is CC(C)(C)c1cc(-c2ccccc2-c2ccc3ccccc3c2)ccc1N(c1cccc(-c2ccccc2)c1)c1ccc2c(c1)C(C)(C)c1ccccc1-2. The van der Waals surface area contributed by atoms with E-state index in [4.69, 9.17) is 0 Å². The Morgan fingerprint density at radius 3 is 1.74 bits per heavy atom. The highest BCUT2D eigenvalue weighted by Crippen LogP contribution is 2.51. The maximum absolute atomic E-state index is 2.49. The zero-order valence-electron chi connectivity index (χ0n) is 31.8. The minimum absolute atomic E-state index is 0.108. The van der Waals surface area contributed by atoms with Crippen LogP contribution in [0.2, 0.25) is 0 Å². The average Bonchev–Trinajstić information content (AvgIpc) is 3.43. The standard InChI is InChI=1S/C53H45N/c1-52(2,3)50-34-41(45-23-12-11-22-44(45)40-27-26-37-18-9-10-19-38(37)32-40)28-31-51(50)54(42-21-15-20-39(33-42)36-16-7-6-8-17-36)43-29-30-47-46-24-13-14-25-48(46)53(4,5)49(47)35-43/h6-35H,1-5H3. The fourth-order valence-corrected chi connectivity index (χ4v) is 8.56. The van der Waals surface area contributed by atoms with Gasteiger partial charge in [0.1, 0.15) is 0 Å². The van der Waals surface area contributed by atoms with Gasteiger partial charge in [-0.25, -0.2) is 0 Å². The quantitative estimate of drug-likeness (QED) is 0.167. The van der Waals surface area contributed by atoms with Gasteiger partial charge in [0.05, 0.1) is 0 Å². The topological polar surface area (TPSA) is 3.24 Å². The Labute approximate surface area is 320 Å². The number of fused-ring (bicyclic) bond motifs is 4. The second-order valence-corrected chi connectivity index (χ2v) is 16.2. The Kier molecular flexibility index (Phi) is 8.12. The highest BCUT2D eigenvalue weighted by molar-refractivity contribution is 5.93. The van der Waals surface area contributed by atoms with Crippen molar-refractivity contribution in [2.75, 3.05) is 4.90 Å². The summed E-state index contributed by atoms with van der Waals surface area (Å²) < 4.78 is 0. The van der Waals surface area contributed by atoms with Crippen molar-refractivity contribution in [2.24, 2.45) is 0 Å². The lowest BCUT2D eigenvalue weighted by Crippen LogP contribution is -2.20. The van der Waals surface area contributed by atoms with E-state index in [1.54, 1.807) is 0 Å². The summed E-state index contributed by atoms with van der Waals surface area (Å²) in [6, 6.07) is 67.1. The summed E-state index contributed by atoms with van der Waals surface area (Å²) in [5.41, 5.74) is 17.3. The highest BCUT2D eigenvalue weighted by atomic mass is 15.1. The fourth-order valence-electron chi connectivity index (χ4n) is 8.56. The van der Waals surface area contributed by atoms with E-state index in [0.29, 0.717) is 0 Å². The first-order valence-electron chi connectivity index (χ1n) is 19.1. The molecular formula is C53H45N. The molecule has 0 heterocycles. The first-order valence-corrected chi connectivity index (χ1v) is 19.1. The molecule has 0 fully saturated rings. The molecule has 0 spiro atoms. The zero-order chi connectivity index (χ0) is 37.0. The second-order valence-electron chi connectivity index (χ2n) is 16.2. The van der Waals surface area contributed by atoms with E-state index in [2.05, 4.69) is 222 Å². The van der Waals surface area contributed by atoms with E-state index in [9.17, 15) is 0 Å². The maximum atomic E-state index is 2.49. The number of rotatable bonds is 6. The average molecular weight is 696 g/mol. The van der Waals surface area contributed by atoms with Crippen LogP contribution in [0.25, 0.3) is 55.3 Å². The molecule has 0 aliphatic heterocycles. The lowest BCUT2D eigenvalue weighted by Gasteiger charge is -2.33. The normalized spacial score (nSPS) is 13.1. The van der Waals surface area contributed by atoms with E-state index in [1.807, 2.05) is 0 Å². The minimum atomic E-state index is -0.148. The molecule has 0 atom stereocenters. The summed E-state index contributed by atoms with van der Waals surface area (Å²) in [6.07, 6.45) is 0. The molecule has 1 heteroatoms. The molecule has 0 N–H and O–H groups in total. The lowest BCUT2D eigenvalue weighted by atomic mass is 9.81. The van der Waals surface area contributed by atoms with Crippen molar-refractivity contribution in [3.05, 3.63) is 199 Å². The summed E-state index contributed by atoms with van der Waals surface area (Å²) in [4.78, 5) is 2.49. The van der Waals surface area contributed by atoms with Gasteiger partial charge >= 0.3 is 0 Å². The van der Waals surface area contributed by atoms with Crippen LogP contribution in [0.4, 0.5) is 17.1 Å². The largest absolute Gasteiger partial charge is 0.310 e. The van der Waals surface area contributed by atoms with E-state index < -0.39 is 0 Å². The third kappa shape index (κ3) is 5.81. The Balaban J connectivity index is 1.24. The monoisotopic (exact) mass is 695 g/mol. The first kappa shape index (κ1) is 33.6. The summed E-state index contributed by atoms with van der Waals surface area (Å²) in [7, 11) is 0. The summed E-state index contributed by atoms with van der Waals surface area (Å²) in [5, 5.41) is 2.51. The predicted octanol–water partition coefficient (Wildman–Crippen LogP) is 14.9. The molecule has 1 nitrogen and oxygen atoms in total. The van der Waals surface area contributed by atoms with Crippen LogP contribution in [0.15, 0.2) is 182 Å². The molecule has 9 rings (SSSR count). The predicted molar refractivity (Wildman–Crippen MR) is 231 cm³/mol. The van der Waals surface area contributed by atoms with Crippen LogP contribution < -0.4 is 4.90 Å². The van der Waals surface area contributed by atoms with Gasteiger partial charge in [0, 0.05) is 22.5 Å². The second kappa shape index (κ2) is 13.0. The van der Waals surface area contributed by atoms with Crippen LogP contribution >= 0.6 is 0 Å². The number of hydrogen-bond acceptors (Lipinski definition) is 1. The van der Waals surface area contributed by atoms with Gasteiger partial charge in [0.2, 0.25) is 0 Å². The summed E-state index contributed by atoms with van der Waals surface area (Å²) >= 11 is 0. The molecule has 0 amide bonds. The minimum Gasteiger partial charge on any atom is -0.310 e. The van der Waals surface area contributed by atoms with Gasteiger partial charge in [-0.15, -0.1) is 0 Å². The molecule has 0 saturated carbocycles. The zero-order valence-corrected chi connectivity index (χ0v) is 31.8. The van der Waals surface area contributed by atoms with E-state index in [-0.39, 0.29) is 10.8 Å². The summed E-state index contributed by atoms with van der Waals surface area (Å²) in [6.45, 7) is 11.7. The van der Waals surface area contributed by atoms with Crippen LogP contribution in [-0.2, 0) is 10.8 Å². The Morgan fingerprint density at radius 1 is 0.389 bits per heavy atom. The van der Waals surface area contributed by atoms with Crippen LogP contribution in [0, 0.1) is 0 Å². The first-order chi connectivity index (χ1) is 26.2. The van der Waals surface area contributed by atoms with Gasteiger partial charge in [-0.2, -0.15) is 0 Å². The van der Waals surface area contributed by atoms with Gasteiger partial charge in [0.25, 0.3) is 0 Å². The number of hydrogen-bond donors (Lipinski definition) is 0. The number of benzene rings is 8. The lowest BCUT2D eigenvalue weighted by molar-refractivity contribution is 0.591. The summed E-state index contributed by atoms with van der Waals surface area (Å²) in [5.74, 6) is 0. The van der Waals surface area contributed by atoms with Crippen molar-refractivity contribution in [3.63, 3.8) is 0 Å². The Hall–Kier alpha value is -6.18.